The van der Waals surface area contributed by atoms with Crippen molar-refractivity contribution in [2.75, 3.05) is 20.3 Å². The second kappa shape index (κ2) is 16.1. The molecule has 2 amide bonds. The van der Waals surface area contributed by atoms with Crippen molar-refractivity contribution < 1.29 is 28.9 Å². The molecule has 0 radical (unpaired) electrons. The maximum atomic E-state index is 12.6. The lowest BCUT2D eigenvalue weighted by atomic mass is 9.95. The number of rotatable bonds is 13. The number of amides is 2. The summed E-state index contributed by atoms with van der Waals surface area (Å²) in [4.78, 5) is 24.9. The van der Waals surface area contributed by atoms with Gasteiger partial charge < -0.3 is 34.5 Å². The van der Waals surface area contributed by atoms with E-state index in [1.165, 1.54) is 12.7 Å². The first-order valence-electron chi connectivity index (χ1n) is 16.9. The molecule has 52 heavy (non-hydrogen) atoms. The smallest absolute Gasteiger partial charge is 0.337 e. The van der Waals surface area contributed by atoms with Gasteiger partial charge in [-0.05, 0) is 67.8 Å². The molecule has 2 atom stereocenters. The van der Waals surface area contributed by atoms with Crippen molar-refractivity contribution >= 4 is 18.2 Å². The van der Waals surface area contributed by atoms with Crippen LogP contribution in [0.25, 0.3) is 28.2 Å². The molecule has 11 heteroatoms. The third kappa shape index (κ3) is 7.85. The topological polar surface area (TPSA) is 135 Å². The molecule has 0 saturated carbocycles. The third-order valence-electron chi connectivity index (χ3n) is 8.54. The molecule has 0 bridgehead atoms. The van der Waals surface area contributed by atoms with Crippen molar-refractivity contribution in [3.05, 3.63) is 137 Å². The zero-order chi connectivity index (χ0) is 36.6. The number of methoxy groups -OCH3 is 1. The number of aliphatic hydroxyl groups excluding tert-OH is 1. The second-order valence-electron chi connectivity index (χ2n) is 12.2. The van der Waals surface area contributed by atoms with Crippen molar-refractivity contribution in [3.8, 4) is 39.7 Å². The van der Waals surface area contributed by atoms with Gasteiger partial charge in [-0.15, -0.1) is 0 Å². The van der Waals surface area contributed by atoms with Crippen LogP contribution in [-0.2, 0) is 9.53 Å². The van der Waals surface area contributed by atoms with Gasteiger partial charge in [0.1, 0.15) is 6.61 Å². The summed E-state index contributed by atoms with van der Waals surface area (Å²) < 4.78 is 19.0. The standard InChI is InChI=1S/C41H41N5O6/c1-5-51-35-23-30(38-37(40(48)50-4)27(3)43-41(49)44-38)18-21-34(35)52-25-36(47)45-42-24-31-22-33(28-12-8-6-9-13-28)46(32-19-16-26(2)17-20-32)39(31)29-14-10-7-11-15-29/h6-24,36,38,45,47H,5,25H2,1-4H3,(H2,43,44,49)/b42-24+/t36-,38-/m1/s1. The molecule has 0 aliphatic carbocycles. The summed E-state index contributed by atoms with van der Waals surface area (Å²) in [5, 5.41) is 20.7. The van der Waals surface area contributed by atoms with E-state index in [0.717, 1.165) is 33.8 Å². The van der Waals surface area contributed by atoms with E-state index in [4.69, 9.17) is 14.2 Å². The Balaban J connectivity index is 1.24. The number of carbonyl (C=O) groups is 2. The molecular formula is C41H41N5O6. The van der Waals surface area contributed by atoms with E-state index in [0.29, 0.717) is 29.4 Å². The van der Waals surface area contributed by atoms with E-state index in [-0.39, 0.29) is 12.2 Å². The van der Waals surface area contributed by atoms with E-state index < -0.39 is 24.3 Å². The molecule has 4 aromatic carbocycles. The number of urea groups is 1. The van der Waals surface area contributed by atoms with Crippen LogP contribution in [0.2, 0.25) is 0 Å². The lowest BCUT2D eigenvalue weighted by molar-refractivity contribution is -0.136. The van der Waals surface area contributed by atoms with Gasteiger partial charge in [0, 0.05) is 16.9 Å². The van der Waals surface area contributed by atoms with E-state index in [2.05, 4.69) is 87.2 Å². The fourth-order valence-corrected chi connectivity index (χ4v) is 6.12. The molecule has 0 spiro atoms. The van der Waals surface area contributed by atoms with Crippen LogP contribution in [0, 0.1) is 6.92 Å². The number of hydrogen-bond acceptors (Lipinski definition) is 8. The fourth-order valence-electron chi connectivity index (χ4n) is 6.12. The number of benzene rings is 4. The summed E-state index contributed by atoms with van der Waals surface area (Å²) in [7, 11) is 1.29. The first-order valence-corrected chi connectivity index (χ1v) is 16.9. The molecule has 11 nitrogen and oxygen atoms in total. The minimum absolute atomic E-state index is 0.154. The Hall–Kier alpha value is -6.33. The number of nitrogens with zero attached hydrogens (tertiary/aromatic N) is 2. The van der Waals surface area contributed by atoms with Gasteiger partial charge in [0.15, 0.2) is 17.7 Å². The highest BCUT2D eigenvalue weighted by Crippen LogP contribution is 2.37. The van der Waals surface area contributed by atoms with Crippen LogP contribution in [0.15, 0.2) is 126 Å². The summed E-state index contributed by atoms with van der Waals surface area (Å²) in [6, 6.07) is 34.7. The predicted octanol–water partition coefficient (Wildman–Crippen LogP) is 6.64. The monoisotopic (exact) mass is 699 g/mol. The average molecular weight is 700 g/mol. The molecular weight excluding hydrogens is 658 g/mol. The zero-order valence-electron chi connectivity index (χ0n) is 29.4. The van der Waals surface area contributed by atoms with Crippen molar-refractivity contribution in [1.29, 1.82) is 0 Å². The molecule has 6 rings (SSSR count). The molecule has 2 heterocycles. The van der Waals surface area contributed by atoms with Gasteiger partial charge in [0.05, 0.1) is 42.9 Å². The number of nitrogens with one attached hydrogen (secondary N) is 3. The number of allylic oxidation sites excluding steroid dienone is 1. The molecule has 0 saturated heterocycles. The third-order valence-corrected chi connectivity index (χ3v) is 8.54. The van der Waals surface area contributed by atoms with E-state index >= 15 is 0 Å². The minimum atomic E-state index is -1.17. The Morgan fingerprint density at radius 1 is 0.923 bits per heavy atom. The van der Waals surface area contributed by atoms with E-state index in [9.17, 15) is 14.7 Å². The Kier molecular flexibility index (Phi) is 11.0. The van der Waals surface area contributed by atoms with Gasteiger partial charge in [-0.2, -0.15) is 5.10 Å². The van der Waals surface area contributed by atoms with E-state index in [1.807, 2.05) is 43.3 Å². The molecule has 5 aromatic rings. The van der Waals surface area contributed by atoms with Crippen LogP contribution in [0.1, 0.15) is 36.6 Å². The van der Waals surface area contributed by atoms with E-state index in [1.54, 1.807) is 31.3 Å². The number of esters is 1. The van der Waals surface area contributed by atoms with Crippen molar-refractivity contribution in [1.82, 2.24) is 20.6 Å². The van der Waals surface area contributed by atoms with Gasteiger partial charge in [-0.25, -0.2) is 9.59 Å². The zero-order valence-corrected chi connectivity index (χ0v) is 29.4. The van der Waals surface area contributed by atoms with Crippen LogP contribution in [0.3, 0.4) is 0 Å². The molecule has 1 aliphatic heterocycles. The number of aliphatic hydroxyl groups is 1. The molecule has 4 N–H and O–H groups in total. The quantitative estimate of drug-likeness (QED) is 0.0469. The molecule has 266 valence electrons. The lowest BCUT2D eigenvalue weighted by Crippen LogP contribution is -2.45. The van der Waals surface area contributed by atoms with Crippen molar-refractivity contribution in [2.24, 2.45) is 5.10 Å². The number of ether oxygens (including phenoxy) is 3. The summed E-state index contributed by atoms with van der Waals surface area (Å²) in [5.74, 6) is 0.177. The summed E-state index contributed by atoms with van der Waals surface area (Å²) in [6.45, 7) is 5.71. The van der Waals surface area contributed by atoms with Crippen LogP contribution < -0.4 is 25.5 Å². The summed E-state index contributed by atoms with van der Waals surface area (Å²) in [5.41, 5.74) is 11.1. The summed E-state index contributed by atoms with van der Waals surface area (Å²) in [6.07, 6.45) is 0.531. The van der Waals surface area contributed by atoms with Crippen molar-refractivity contribution in [3.63, 3.8) is 0 Å². The maximum absolute atomic E-state index is 12.6. The normalized spacial score (nSPS) is 14.8. The first kappa shape index (κ1) is 35.5. The van der Waals surface area contributed by atoms with Crippen LogP contribution in [-0.4, -0.2) is 54.4 Å². The lowest BCUT2D eigenvalue weighted by Gasteiger charge is -2.28. The van der Waals surface area contributed by atoms with Crippen LogP contribution in [0.4, 0.5) is 4.79 Å². The second-order valence-corrected chi connectivity index (χ2v) is 12.2. The Morgan fingerprint density at radius 3 is 2.29 bits per heavy atom. The van der Waals surface area contributed by atoms with Gasteiger partial charge in [0.25, 0.3) is 0 Å². The van der Waals surface area contributed by atoms with Crippen molar-refractivity contribution in [2.45, 2.75) is 33.0 Å². The maximum Gasteiger partial charge on any atom is 0.337 e. The minimum Gasteiger partial charge on any atom is -0.490 e. The van der Waals surface area contributed by atoms with Crippen LogP contribution >= 0.6 is 0 Å². The predicted molar refractivity (Wildman–Crippen MR) is 200 cm³/mol. The molecule has 0 fully saturated rings. The number of aryl methyl sites for hydroxylation is 1. The highest BCUT2D eigenvalue weighted by molar-refractivity contribution is 5.95. The molecule has 1 aliphatic rings. The SMILES string of the molecule is CCOc1cc([C@H]2NC(=O)NC(C)=C2C(=O)OC)ccc1OC[C@@H](O)N/N=C/c1cc(-c2ccccc2)n(-c2ccc(C)cc2)c1-c1ccccc1. The average Bonchev–Trinajstić information content (AvgIpc) is 3.54. The van der Waals surface area contributed by atoms with Crippen LogP contribution in [0.5, 0.6) is 11.5 Å². The number of aromatic nitrogens is 1. The summed E-state index contributed by atoms with van der Waals surface area (Å²) >= 11 is 0. The van der Waals surface area contributed by atoms with Gasteiger partial charge in [-0.3, -0.25) is 5.43 Å². The number of carbonyl (C=O) groups excluding carboxylic acids is 2. The van der Waals surface area contributed by atoms with Gasteiger partial charge >= 0.3 is 12.0 Å². The van der Waals surface area contributed by atoms with Gasteiger partial charge in [0.2, 0.25) is 0 Å². The Bertz CT molecular complexity index is 2090. The highest BCUT2D eigenvalue weighted by Gasteiger charge is 2.32. The first-order chi connectivity index (χ1) is 25.3. The molecule has 0 unspecified atom stereocenters. The van der Waals surface area contributed by atoms with Gasteiger partial charge in [-0.1, -0.05) is 84.4 Å². The highest BCUT2D eigenvalue weighted by atomic mass is 16.5. The Labute approximate surface area is 302 Å². The largest absolute Gasteiger partial charge is 0.490 e. The fraction of sp³-hybridized carbons (Fsp3) is 0.195. The number of hydrogen-bond donors (Lipinski definition) is 4. The molecule has 1 aromatic heterocycles. The Morgan fingerprint density at radius 2 is 1.62 bits per heavy atom. The number of hydrazone groups is 1.